The maximum atomic E-state index is 12.4. The van der Waals surface area contributed by atoms with Crippen LogP contribution in [0, 0.1) is 16.0 Å². The summed E-state index contributed by atoms with van der Waals surface area (Å²) in [5.41, 5.74) is 7.06. The van der Waals surface area contributed by atoms with E-state index in [1.807, 2.05) is 23.1 Å². The molecule has 0 unspecified atom stereocenters. The number of likely N-dealkylation sites (tertiary alicyclic amines) is 1. The van der Waals surface area contributed by atoms with Crippen molar-refractivity contribution in [3.8, 4) is 0 Å². The lowest BCUT2D eigenvalue weighted by atomic mass is 9.89. The van der Waals surface area contributed by atoms with E-state index < -0.39 is 4.92 Å². The van der Waals surface area contributed by atoms with Crippen molar-refractivity contribution >= 4 is 41.3 Å². The summed E-state index contributed by atoms with van der Waals surface area (Å²) in [5, 5.41) is 14.0. The number of rotatable bonds is 6. The average Bonchev–Trinajstić information content (AvgIpc) is 3.06. The second-order valence-corrected chi connectivity index (χ2v) is 7.11. The van der Waals surface area contributed by atoms with Crippen LogP contribution in [0.3, 0.4) is 0 Å². The Morgan fingerprint density at radius 2 is 1.96 bits per heavy atom. The van der Waals surface area contributed by atoms with E-state index in [9.17, 15) is 14.9 Å². The lowest BCUT2D eigenvalue weighted by Crippen LogP contribution is -2.32. The van der Waals surface area contributed by atoms with Gasteiger partial charge in [-0.05, 0) is 30.2 Å². The van der Waals surface area contributed by atoms with Crippen molar-refractivity contribution < 1.29 is 9.72 Å². The molecule has 1 aliphatic rings. The van der Waals surface area contributed by atoms with Crippen LogP contribution in [-0.4, -0.2) is 41.9 Å². The van der Waals surface area contributed by atoms with Gasteiger partial charge in [0.1, 0.15) is 5.69 Å². The van der Waals surface area contributed by atoms with Crippen LogP contribution in [0.25, 0.3) is 0 Å². The summed E-state index contributed by atoms with van der Waals surface area (Å²) in [7, 11) is 0. The van der Waals surface area contributed by atoms with Gasteiger partial charge < -0.3 is 11.1 Å². The van der Waals surface area contributed by atoms with E-state index in [0.717, 1.165) is 6.54 Å². The summed E-state index contributed by atoms with van der Waals surface area (Å²) in [4.78, 5) is 25.1. The van der Waals surface area contributed by atoms with Crippen molar-refractivity contribution in [2.24, 2.45) is 11.7 Å². The molecule has 0 radical (unpaired) electrons. The van der Waals surface area contributed by atoms with Gasteiger partial charge in [0.15, 0.2) is 0 Å². The van der Waals surface area contributed by atoms with Crippen LogP contribution in [0.4, 0.5) is 11.4 Å². The summed E-state index contributed by atoms with van der Waals surface area (Å²) in [6.07, 6.45) is 0. The molecule has 0 aliphatic carbocycles. The SMILES string of the molecule is Cl.NC[C@@H]1CN(CC(=O)Nc2ccc(Cl)cc2[N+](=O)[O-])C[C@H]1c1ccccc1. The van der Waals surface area contributed by atoms with Gasteiger partial charge in [0.25, 0.3) is 5.69 Å². The van der Waals surface area contributed by atoms with E-state index in [1.165, 1.54) is 23.8 Å². The van der Waals surface area contributed by atoms with Gasteiger partial charge in [0, 0.05) is 30.1 Å². The Morgan fingerprint density at radius 3 is 2.61 bits per heavy atom. The summed E-state index contributed by atoms with van der Waals surface area (Å²) in [6.45, 7) is 2.13. The first-order valence-corrected chi connectivity index (χ1v) is 9.07. The average molecular weight is 425 g/mol. The van der Waals surface area contributed by atoms with Crippen molar-refractivity contribution in [1.29, 1.82) is 0 Å². The van der Waals surface area contributed by atoms with Crippen molar-refractivity contribution in [2.45, 2.75) is 5.92 Å². The number of nitro groups is 1. The molecule has 1 fully saturated rings. The molecule has 1 saturated heterocycles. The smallest absolute Gasteiger partial charge is 0.294 e. The van der Waals surface area contributed by atoms with Crippen LogP contribution < -0.4 is 11.1 Å². The Hall–Kier alpha value is -2.19. The Labute approximate surface area is 174 Å². The van der Waals surface area contributed by atoms with Crippen molar-refractivity contribution in [2.75, 3.05) is 31.5 Å². The molecule has 2 aromatic carbocycles. The molecule has 1 amide bonds. The van der Waals surface area contributed by atoms with Gasteiger partial charge in [-0.2, -0.15) is 0 Å². The number of amides is 1. The molecule has 0 spiro atoms. The third-order valence-electron chi connectivity index (χ3n) is 4.84. The summed E-state index contributed by atoms with van der Waals surface area (Å²) < 4.78 is 0. The number of nitro benzene ring substituents is 1. The Bertz CT molecular complexity index is 835. The van der Waals surface area contributed by atoms with E-state index >= 15 is 0 Å². The molecule has 3 rings (SSSR count). The van der Waals surface area contributed by atoms with E-state index in [4.69, 9.17) is 17.3 Å². The number of carbonyl (C=O) groups is 1. The van der Waals surface area contributed by atoms with Gasteiger partial charge in [0.05, 0.1) is 11.5 Å². The quantitative estimate of drug-likeness (QED) is 0.547. The molecule has 0 aromatic heterocycles. The van der Waals surface area contributed by atoms with Gasteiger partial charge in [-0.15, -0.1) is 12.4 Å². The summed E-state index contributed by atoms with van der Waals surface area (Å²) in [5.74, 6) is 0.240. The Kier molecular flexibility index (Phi) is 7.77. The molecule has 3 N–H and O–H groups in total. The van der Waals surface area contributed by atoms with Gasteiger partial charge in [-0.3, -0.25) is 19.8 Å². The van der Waals surface area contributed by atoms with Crippen molar-refractivity contribution in [1.82, 2.24) is 4.90 Å². The third-order valence-corrected chi connectivity index (χ3v) is 5.08. The highest BCUT2D eigenvalue weighted by molar-refractivity contribution is 6.31. The largest absolute Gasteiger partial charge is 0.330 e. The molecule has 28 heavy (non-hydrogen) atoms. The molecule has 9 heteroatoms. The van der Waals surface area contributed by atoms with Crippen molar-refractivity contribution in [3.63, 3.8) is 0 Å². The fourth-order valence-corrected chi connectivity index (χ4v) is 3.73. The first kappa shape index (κ1) is 22.1. The number of carbonyl (C=O) groups excluding carboxylic acids is 1. The molecule has 2 atom stereocenters. The predicted molar refractivity (Wildman–Crippen MR) is 112 cm³/mol. The molecule has 2 aromatic rings. The maximum Gasteiger partial charge on any atom is 0.294 e. The minimum absolute atomic E-state index is 0. The minimum atomic E-state index is -0.562. The lowest BCUT2D eigenvalue weighted by molar-refractivity contribution is -0.383. The van der Waals surface area contributed by atoms with Crippen LogP contribution in [0.5, 0.6) is 0 Å². The zero-order chi connectivity index (χ0) is 19.4. The minimum Gasteiger partial charge on any atom is -0.330 e. The molecule has 150 valence electrons. The molecule has 0 bridgehead atoms. The summed E-state index contributed by atoms with van der Waals surface area (Å²) >= 11 is 5.80. The highest BCUT2D eigenvalue weighted by atomic mass is 35.5. The highest BCUT2D eigenvalue weighted by Crippen LogP contribution is 2.32. The zero-order valence-corrected chi connectivity index (χ0v) is 16.7. The molecular formula is C19H22Cl2N4O3. The number of halogens is 2. The fourth-order valence-electron chi connectivity index (χ4n) is 3.56. The Morgan fingerprint density at radius 1 is 1.25 bits per heavy atom. The number of anilines is 1. The normalized spacial score (nSPS) is 19.1. The van der Waals surface area contributed by atoms with Crippen molar-refractivity contribution in [3.05, 3.63) is 69.2 Å². The standard InChI is InChI=1S/C19H21ClN4O3.ClH/c20-15-6-7-17(18(8-15)24(26)27)22-19(25)12-23-10-14(9-21)16(11-23)13-4-2-1-3-5-13;/h1-8,14,16H,9-12,21H2,(H,22,25);1H/t14-,16+;/m1./s1. The number of nitrogens with one attached hydrogen (secondary N) is 1. The first-order valence-electron chi connectivity index (χ1n) is 8.69. The second-order valence-electron chi connectivity index (χ2n) is 6.67. The van der Waals surface area contributed by atoms with Crippen LogP contribution in [-0.2, 0) is 4.79 Å². The maximum absolute atomic E-state index is 12.4. The van der Waals surface area contributed by atoms with Crippen LogP contribution in [0.15, 0.2) is 48.5 Å². The predicted octanol–water partition coefficient (Wildman–Crippen LogP) is 3.28. The molecule has 0 saturated carbocycles. The van der Waals surface area contributed by atoms with E-state index in [1.54, 1.807) is 0 Å². The van der Waals surface area contributed by atoms with E-state index in [-0.39, 0.29) is 53.1 Å². The third kappa shape index (κ3) is 5.20. The molecular weight excluding hydrogens is 403 g/mol. The first-order chi connectivity index (χ1) is 13.0. The van der Waals surface area contributed by atoms with E-state index in [0.29, 0.717) is 13.1 Å². The Balaban J connectivity index is 0.00000280. The lowest BCUT2D eigenvalue weighted by Gasteiger charge is -2.16. The van der Waals surface area contributed by atoms with Gasteiger partial charge in [-0.1, -0.05) is 41.9 Å². The zero-order valence-electron chi connectivity index (χ0n) is 15.1. The molecule has 7 nitrogen and oxygen atoms in total. The highest BCUT2D eigenvalue weighted by Gasteiger charge is 2.33. The second kappa shape index (κ2) is 9.84. The molecule has 1 aliphatic heterocycles. The van der Waals surface area contributed by atoms with Gasteiger partial charge in [0.2, 0.25) is 5.91 Å². The number of hydrogen-bond acceptors (Lipinski definition) is 5. The van der Waals surface area contributed by atoms with Crippen LogP contribution in [0.1, 0.15) is 11.5 Å². The fraction of sp³-hybridized carbons (Fsp3) is 0.316. The van der Waals surface area contributed by atoms with Crippen LogP contribution in [0.2, 0.25) is 5.02 Å². The number of nitrogens with zero attached hydrogens (tertiary/aromatic N) is 2. The topological polar surface area (TPSA) is 102 Å². The van der Waals surface area contributed by atoms with Gasteiger partial charge in [-0.25, -0.2) is 0 Å². The van der Waals surface area contributed by atoms with Crippen LogP contribution >= 0.6 is 24.0 Å². The summed E-state index contributed by atoms with van der Waals surface area (Å²) in [6, 6.07) is 14.3. The molecule has 1 heterocycles. The number of hydrogen-bond donors (Lipinski definition) is 2. The number of nitrogens with two attached hydrogens (primary N) is 1. The van der Waals surface area contributed by atoms with E-state index in [2.05, 4.69) is 17.4 Å². The monoisotopic (exact) mass is 424 g/mol. The number of benzene rings is 2. The van der Waals surface area contributed by atoms with Gasteiger partial charge >= 0.3 is 0 Å².